The number of aliphatic hydroxyl groups excluding tert-OH is 1. The Hall–Kier alpha value is -0.200. The second-order valence-electron chi connectivity index (χ2n) is 3.26. The number of rotatable bonds is 5. The van der Waals surface area contributed by atoms with Crippen LogP contribution in [0.25, 0.3) is 0 Å². The highest BCUT2D eigenvalue weighted by Crippen LogP contribution is 2.33. The summed E-state index contributed by atoms with van der Waals surface area (Å²) in [6.45, 7) is 4.67. The van der Waals surface area contributed by atoms with Crippen molar-refractivity contribution in [2.24, 2.45) is 0 Å². The Morgan fingerprint density at radius 1 is 1.62 bits per heavy atom. The Morgan fingerprint density at radius 3 is 2.88 bits per heavy atom. The zero-order chi connectivity index (χ0) is 11.3. The molecule has 0 aromatic heterocycles. The van der Waals surface area contributed by atoms with E-state index in [2.05, 4.69) is 0 Å². The van der Waals surface area contributed by atoms with Gasteiger partial charge in [-0.2, -0.15) is 0 Å². The van der Waals surface area contributed by atoms with Crippen LogP contribution >= 0.6 is 28.7 Å². The fourth-order valence-electron chi connectivity index (χ4n) is 1.41. The molecule has 6 heteroatoms. The summed E-state index contributed by atoms with van der Waals surface area (Å²) in [5.74, 6) is 0.586. The summed E-state index contributed by atoms with van der Waals surface area (Å²) in [6, 6.07) is 0. The van der Waals surface area contributed by atoms with Crippen molar-refractivity contribution in [1.29, 1.82) is 0 Å². The molecule has 1 aliphatic heterocycles. The predicted octanol–water partition coefficient (Wildman–Crippen LogP) is 1.75. The first kappa shape index (κ1) is 15.8. The summed E-state index contributed by atoms with van der Waals surface area (Å²) >= 11 is 1.68. The lowest BCUT2D eigenvalue weighted by atomic mass is 10.3. The minimum Gasteiger partial charge on any atom is -0.465 e. The molecule has 1 rings (SSSR count). The molecular weight excluding hydrogens is 294 g/mol. The van der Waals surface area contributed by atoms with Crippen molar-refractivity contribution in [2.45, 2.75) is 20.3 Å². The van der Waals surface area contributed by atoms with Crippen LogP contribution < -0.4 is 0 Å². The van der Waals surface area contributed by atoms with Crippen molar-refractivity contribution >= 4 is 34.7 Å². The molecule has 0 aliphatic carbocycles. The van der Waals surface area contributed by atoms with Crippen LogP contribution in [-0.4, -0.2) is 41.6 Å². The Balaban J connectivity index is 0.00000225. The third-order valence-corrected chi connectivity index (χ3v) is 3.53. The first-order valence-electron chi connectivity index (χ1n) is 5.03. The van der Waals surface area contributed by atoms with E-state index in [4.69, 9.17) is 9.84 Å². The van der Waals surface area contributed by atoms with Crippen molar-refractivity contribution in [3.05, 3.63) is 10.6 Å². The van der Waals surface area contributed by atoms with Crippen LogP contribution in [-0.2, 0) is 9.53 Å². The Kier molecular flexibility index (Phi) is 7.87. The second-order valence-corrected chi connectivity index (χ2v) is 4.30. The van der Waals surface area contributed by atoms with E-state index in [1.54, 1.807) is 18.7 Å². The first-order valence-corrected chi connectivity index (χ1v) is 6.01. The van der Waals surface area contributed by atoms with Crippen LogP contribution in [0.15, 0.2) is 10.6 Å². The molecule has 94 valence electrons. The van der Waals surface area contributed by atoms with Crippen LogP contribution in [0.2, 0.25) is 0 Å². The molecule has 1 heterocycles. The summed E-state index contributed by atoms with van der Waals surface area (Å²) in [5, 5.41) is 8.84. The number of allylic oxidation sites excluding steroid dienone is 1. The van der Waals surface area contributed by atoms with Crippen molar-refractivity contribution in [3.8, 4) is 0 Å². The van der Waals surface area contributed by atoms with Gasteiger partial charge >= 0.3 is 5.97 Å². The minimum absolute atomic E-state index is 0. The summed E-state index contributed by atoms with van der Waals surface area (Å²) in [4.78, 5) is 14.4. The number of ether oxygens (including phenoxy) is 1. The van der Waals surface area contributed by atoms with E-state index < -0.39 is 0 Å². The van der Waals surface area contributed by atoms with Gasteiger partial charge in [0.05, 0.1) is 12.5 Å². The zero-order valence-electron chi connectivity index (χ0n) is 9.56. The van der Waals surface area contributed by atoms with Crippen LogP contribution in [0.1, 0.15) is 20.3 Å². The highest BCUT2D eigenvalue weighted by atomic mass is 79.9. The Labute approximate surface area is 111 Å². The number of carbonyl (C=O) groups excluding carboxylic acids is 1. The topological polar surface area (TPSA) is 49.8 Å². The standard InChI is InChI=1S/C10H17NO3S.BrH/c1-3-14-10(13)6-11-7-15-9(4-5-12)8(11)2;/h12H,3-7H2,1-2H3;1H. The van der Waals surface area contributed by atoms with Gasteiger partial charge in [-0.3, -0.25) is 4.79 Å². The quantitative estimate of drug-likeness (QED) is 0.784. The summed E-state index contributed by atoms with van der Waals surface area (Å²) < 4.78 is 4.89. The largest absolute Gasteiger partial charge is 0.465 e. The summed E-state index contributed by atoms with van der Waals surface area (Å²) in [6.07, 6.45) is 0.676. The molecule has 4 nitrogen and oxygen atoms in total. The average Bonchev–Trinajstić information content (AvgIpc) is 2.51. The molecule has 0 bridgehead atoms. The lowest BCUT2D eigenvalue weighted by Crippen LogP contribution is -2.27. The molecule has 0 atom stereocenters. The molecule has 16 heavy (non-hydrogen) atoms. The highest BCUT2D eigenvalue weighted by molar-refractivity contribution is 8.93. The number of aliphatic hydroxyl groups is 1. The van der Waals surface area contributed by atoms with E-state index in [0.717, 1.165) is 11.6 Å². The van der Waals surface area contributed by atoms with Gasteiger partial charge in [0, 0.05) is 23.6 Å². The number of thioether (sulfide) groups is 1. The molecule has 0 saturated carbocycles. The number of halogens is 1. The smallest absolute Gasteiger partial charge is 0.325 e. The molecule has 1 N–H and O–H groups in total. The Morgan fingerprint density at radius 2 is 2.31 bits per heavy atom. The molecular formula is C10H18BrNO3S. The van der Waals surface area contributed by atoms with Crippen molar-refractivity contribution < 1.29 is 14.6 Å². The molecule has 0 saturated heterocycles. The number of esters is 1. The van der Waals surface area contributed by atoms with Crippen LogP contribution in [0, 0.1) is 0 Å². The maximum Gasteiger partial charge on any atom is 0.325 e. The number of carbonyl (C=O) groups is 1. The number of hydrogen-bond donors (Lipinski definition) is 1. The molecule has 0 radical (unpaired) electrons. The molecule has 1 aliphatic rings. The third-order valence-electron chi connectivity index (χ3n) is 2.24. The fourth-order valence-corrected chi connectivity index (χ4v) is 2.58. The van der Waals surface area contributed by atoms with E-state index in [0.29, 0.717) is 19.6 Å². The maximum atomic E-state index is 11.3. The average molecular weight is 312 g/mol. The third kappa shape index (κ3) is 4.35. The van der Waals surface area contributed by atoms with E-state index in [1.165, 1.54) is 4.91 Å². The lowest BCUT2D eigenvalue weighted by molar-refractivity contribution is -0.143. The zero-order valence-corrected chi connectivity index (χ0v) is 12.1. The van der Waals surface area contributed by atoms with Crippen LogP contribution in [0.5, 0.6) is 0 Å². The molecule has 0 spiro atoms. The predicted molar refractivity (Wildman–Crippen MR) is 70.5 cm³/mol. The van der Waals surface area contributed by atoms with Gasteiger partial charge in [-0.15, -0.1) is 28.7 Å². The van der Waals surface area contributed by atoms with Gasteiger partial charge in [0.25, 0.3) is 0 Å². The van der Waals surface area contributed by atoms with Crippen LogP contribution in [0.3, 0.4) is 0 Å². The second kappa shape index (κ2) is 7.97. The normalized spacial score (nSPS) is 15.1. The van der Waals surface area contributed by atoms with Crippen molar-refractivity contribution in [3.63, 3.8) is 0 Å². The van der Waals surface area contributed by atoms with Gasteiger partial charge < -0.3 is 14.7 Å². The highest BCUT2D eigenvalue weighted by Gasteiger charge is 2.21. The van der Waals surface area contributed by atoms with Crippen LogP contribution in [0.4, 0.5) is 0 Å². The van der Waals surface area contributed by atoms with Gasteiger partial charge in [0.15, 0.2) is 0 Å². The van der Waals surface area contributed by atoms with E-state index >= 15 is 0 Å². The summed E-state index contributed by atoms with van der Waals surface area (Å²) in [7, 11) is 0. The molecule has 0 aromatic carbocycles. The lowest BCUT2D eigenvalue weighted by Gasteiger charge is -2.17. The fraction of sp³-hybridized carbons (Fsp3) is 0.700. The van der Waals surface area contributed by atoms with Crippen molar-refractivity contribution in [2.75, 3.05) is 25.6 Å². The molecule has 0 unspecified atom stereocenters. The van der Waals surface area contributed by atoms with Gasteiger partial charge in [-0.25, -0.2) is 0 Å². The van der Waals surface area contributed by atoms with Gasteiger partial charge in [0.2, 0.25) is 0 Å². The van der Waals surface area contributed by atoms with E-state index in [9.17, 15) is 4.79 Å². The Bertz CT molecular complexity index is 271. The van der Waals surface area contributed by atoms with Gasteiger partial charge in [-0.05, 0) is 13.8 Å². The summed E-state index contributed by atoms with van der Waals surface area (Å²) in [5.41, 5.74) is 1.09. The van der Waals surface area contributed by atoms with E-state index in [1.807, 2.05) is 11.8 Å². The molecule has 0 fully saturated rings. The van der Waals surface area contributed by atoms with Crippen molar-refractivity contribution in [1.82, 2.24) is 4.90 Å². The molecule has 0 amide bonds. The number of nitrogens with zero attached hydrogens (tertiary/aromatic N) is 1. The number of hydrogen-bond acceptors (Lipinski definition) is 5. The first-order chi connectivity index (χ1) is 7.19. The minimum atomic E-state index is -0.192. The van der Waals surface area contributed by atoms with E-state index in [-0.39, 0.29) is 29.6 Å². The maximum absolute atomic E-state index is 11.3. The molecule has 0 aromatic rings. The van der Waals surface area contributed by atoms with Gasteiger partial charge in [0.1, 0.15) is 6.54 Å². The van der Waals surface area contributed by atoms with Gasteiger partial charge in [-0.1, -0.05) is 0 Å². The SMILES string of the molecule is Br.CCOC(=O)CN1CSC(CCO)=C1C. The monoisotopic (exact) mass is 311 g/mol.